The first-order valence-corrected chi connectivity index (χ1v) is 18.4. The molecule has 0 aromatic carbocycles. The van der Waals surface area contributed by atoms with Crippen LogP contribution >= 0.6 is 0 Å². The molecule has 42 heavy (non-hydrogen) atoms. The van der Waals surface area contributed by atoms with E-state index in [4.69, 9.17) is 0 Å². The number of aliphatic hydroxyl groups is 2. The van der Waals surface area contributed by atoms with Crippen molar-refractivity contribution in [1.29, 1.82) is 0 Å². The smallest absolute Gasteiger partial charge is 0.267 e. The van der Waals surface area contributed by atoms with Gasteiger partial charge in [0.15, 0.2) is 0 Å². The van der Waals surface area contributed by atoms with Gasteiger partial charge in [-0.1, -0.05) is 140 Å². The molecule has 7 nitrogen and oxygen atoms in total. The van der Waals surface area contributed by atoms with Crippen molar-refractivity contribution in [3.05, 3.63) is 36.5 Å². The molecule has 246 valence electrons. The van der Waals surface area contributed by atoms with Crippen LogP contribution < -0.4 is 5.32 Å². The van der Waals surface area contributed by atoms with Gasteiger partial charge in [0.2, 0.25) is 5.91 Å². The van der Waals surface area contributed by atoms with Crippen molar-refractivity contribution in [3.8, 4) is 0 Å². The van der Waals surface area contributed by atoms with E-state index in [0.29, 0.717) is 6.42 Å². The minimum Gasteiger partial charge on any atom is -0.387 e. The molecule has 0 aliphatic carbocycles. The number of amides is 1. The molecule has 0 aliphatic rings. The molecule has 0 saturated heterocycles. The number of nitrogens with one attached hydrogen (secondary N) is 1. The van der Waals surface area contributed by atoms with Gasteiger partial charge in [0.25, 0.3) is 10.1 Å². The van der Waals surface area contributed by atoms with Crippen LogP contribution in [0.25, 0.3) is 0 Å². The first-order valence-electron chi connectivity index (χ1n) is 16.8. The maximum absolute atomic E-state index is 12.5. The summed E-state index contributed by atoms with van der Waals surface area (Å²) in [5.74, 6) is -1.55. The van der Waals surface area contributed by atoms with Gasteiger partial charge in [0.05, 0.1) is 17.9 Å². The fraction of sp³-hybridized carbons (Fsp3) is 0.794. The van der Waals surface area contributed by atoms with Gasteiger partial charge in [-0.25, -0.2) is 0 Å². The highest BCUT2D eigenvalue weighted by atomic mass is 32.2. The van der Waals surface area contributed by atoms with Crippen molar-refractivity contribution in [2.75, 3.05) is 5.75 Å². The van der Waals surface area contributed by atoms with Crippen LogP contribution in [0.2, 0.25) is 0 Å². The van der Waals surface area contributed by atoms with Crippen molar-refractivity contribution in [1.82, 2.24) is 5.32 Å². The van der Waals surface area contributed by atoms with Crippen molar-refractivity contribution >= 4 is 16.0 Å². The molecule has 3 atom stereocenters. The standard InChI is InChI=1S/C34H63NO6S/c1-3-5-7-9-11-13-15-16-17-19-21-23-25-27-29-33(37)34(38)35-31(30-42(39,40)41)32(36)28-26-24-22-20-18-14-12-10-8-6-4-2/h11,13,15-16,26,28,31-33,36-37H,3-10,12,14,17-25,27,29-30H2,1-2H3,(H,35,38)(H,39,40,41)/b13-11-,16-15-,28-26+. The first-order chi connectivity index (χ1) is 20.2. The van der Waals surface area contributed by atoms with E-state index in [1.807, 2.05) is 0 Å². The largest absolute Gasteiger partial charge is 0.387 e. The predicted octanol–water partition coefficient (Wildman–Crippen LogP) is 7.98. The lowest BCUT2D eigenvalue weighted by atomic mass is 10.1. The van der Waals surface area contributed by atoms with Crippen LogP contribution in [-0.4, -0.2) is 53.1 Å². The van der Waals surface area contributed by atoms with Gasteiger partial charge in [-0.15, -0.1) is 0 Å². The van der Waals surface area contributed by atoms with E-state index in [9.17, 15) is 28.0 Å². The summed E-state index contributed by atoms with van der Waals surface area (Å²) >= 11 is 0. The van der Waals surface area contributed by atoms with Crippen LogP contribution in [0.15, 0.2) is 36.5 Å². The normalized spacial score (nSPS) is 14.7. The molecular formula is C34H63NO6S. The zero-order valence-electron chi connectivity index (χ0n) is 26.7. The van der Waals surface area contributed by atoms with Crippen LogP contribution in [0.3, 0.4) is 0 Å². The van der Waals surface area contributed by atoms with Gasteiger partial charge in [-0.05, 0) is 44.9 Å². The molecule has 0 rings (SSSR count). The van der Waals surface area contributed by atoms with Gasteiger partial charge in [-0.3, -0.25) is 9.35 Å². The summed E-state index contributed by atoms with van der Waals surface area (Å²) in [6.07, 6.45) is 32.0. The SMILES string of the molecule is CCCCC/C=C\C=C/CCCCCCCC(O)C(=O)NC(CS(=O)(=O)O)C(O)/C=C/CCCCCCCCCCC. The van der Waals surface area contributed by atoms with E-state index in [1.54, 1.807) is 6.08 Å². The maximum atomic E-state index is 12.5. The zero-order chi connectivity index (χ0) is 31.3. The summed E-state index contributed by atoms with van der Waals surface area (Å²) in [7, 11) is -4.44. The molecule has 0 spiro atoms. The van der Waals surface area contributed by atoms with E-state index in [1.165, 1.54) is 70.3 Å². The molecule has 3 unspecified atom stereocenters. The fourth-order valence-corrected chi connectivity index (χ4v) is 5.53. The monoisotopic (exact) mass is 613 g/mol. The Morgan fingerprint density at radius 1 is 0.667 bits per heavy atom. The summed E-state index contributed by atoms with van der Waals surface area (Å²) in [6, 6.07) is -1.24. The number of hydrogen-bond donors (Lipinski definition) is 4. The number of aliphatic hydroxyl groups excluding tert-OH is 2. The molecule has 0 radical (unpaired) electrons. The van der Waals surface area contributed by atoms with Crippen LogP contribution in [0, 0.1) is 0 Å². The highest BCUT2D eigenvalue weighted by Crippen LogP contribution is 2.12. The minimum absolute atomic E-state index is 0.262. The molecule has 4 N–H and O–H groups in total. The van der Waals surface area contributed by atoms with Gasteiger partial charge < -0.3 is 15.5 Å². The second-order valence-corrected chi connectivity index (χ2v) is 13.1. The maximum Gasteiger partial charge on any atom is 0.267 e. The number of carbonyl (C=O) groups is 1. The number of hydrogen-bond acceptors (Lipinski definition) is 5. The summed E-state index contributed by atoms with van der Waals surface area (Å²) in [5, 5.41) is 23.2. The molecule has 1 amide bonds. The van der Waals surface area contributed by atoms with Crippen LogP contribution in [0.1, 0.15) is 149 Å². The Morgan fingerprint density at radius 2 is 1.10 bits per heavy atom. The second-order valence-electron chi connectivity index (χ2n) is 11.6. The van der Waals surface area contributed by atoms with E-state index >= 15 is 0 Å². The molecule has 0 aromatic rings. The lowest BCUT2D eigenvalue weighted by Gasteiger charge is -2.22. The third-order valence-electron chi connectivity index (χ3n) is 7.45. The zero-order valence-corrected chi connectivity index (χ0v) is 27.5. The molecule has 8 heteroatoms. The molecule has 0 bridgehead atoms. The second kappa shape index (κ2) is 28.3. The number of rotatable bonds is 29. The van der Waals surface area contributed by atoms with Crippen molar-refractivity contribution in [3.63, 3.8) is 0 Å². The first kappa shape index (κ1) is 40.5. The molecule has 0 fully saturated rings. The highest BCUT2D eigenvalue weighted by Gasteiger charge is 2.27. The molecule has 0 saturated carbocycles. The van der Waals surface area contributed by atoms with E-state index in [-0.39, 0.29) is 6.42 Å². The molecule has 0 aromatic heterocycles. The quantitative estimate of drug-likeness (QED) is 0.0293. The van der Waals surface area contributed by atoms with Gasteiger partial charge in [-0.2, -0.15) is 8.42 Å². The third-order valence-corrected chi connectivity index (χ3v) is 8.23. The molecule has 0 aliphatic heterocycles. The third kappa shape index (κ3) is 27.4. The Kier molecular flexibility index (Phi) is 27.3. The lowest BCUT2D eigenvalue weighted by Crippen LogP contribution is -2.50. The Morgan fingerprint density at radius 3 is 1.62 bits per heavy atom. The lowest BCUT2D eigenvalue weighted by molar-refractivity contribution is -0.130. The van der Waals surface area contributed by atoms with Crippen molar-refractivity contribution < 1.29 is 28.0 Å². The summed E-state index contributed by atoms with van der Waals surface area (Å²) in [5.41, 5.74) is 0. The Balaban J connectivity index is 4.22. The van der Waals surface area contributed by atoms with Gasteiger partial charge in [0.1, 0.15) is 6.10 Å². The number of allylic oxidation sites excluding steroid dienone is 5. The minimum atomic E-state index is -4.44. The average molecular weight is 614 g/mol. The highest BCUT2D eigenvalue weighted by molar-refractivity contribution is 7.85. The van der Waals surface area contributed by atoms with Gasteiger partial charge in [0, 0.05) is 0 Å². The average Bonchev–Trinajstić information content (AvgIpc) is 2.94. The topological polar surface area (TPSA) is 124 Å². The summed E-state index contributed by atoms with van der Waals surface area (Å²) in [4.78, 5) is 12.5. The van der Waals surface area contributed by atoms with Crippen LogP contribution in [-0.2, 0) is 14.9 Å². The van der Waals surface area contributed by atoms with Crippen LogP contribution in [0.5, 0.6) is 0 Å². The van der Waals surface area contributed by atoms with Crippen LogP contribution in [0.4, 0.5) is 0 Å². The Hall–Kier alpha value is -1.48. The Bertz CT molecular complexity index is 824. The molecular weight excluding hydrogens is 550 g/mol. The number of carbonyl (C=O) groups excluding carboxylic acids is 1. The summed E-state index contributed by atoms with van der Waals surface area (Å²) < 4.78 is 32.3. The van der Waals surface area contributed by atoms with Crippen molar-refractivity contribution in [2.24, 2.45) is 0 Å². The van der Waals surface area contributed by atoms with Gasteiger partial charge >= 0.3 is 0 Å². The fourth-order valence-electron chi connectivity index (χ4n) is 4.80. The van der Waals surface area contributed by atoms with E-state index in [0.717, 1.165) is 57.8 Å². The summed E-state index contributed by atoms with van der Waals surface area (Å²) in [6.45, 7) is 4.42. The molecule has 0 heterocycles. The Labute approximate surface area is 258 Å². The number of unbranched alkanes of at least 4 members (excludes halogenated alkanes) is 17. The van der Waals surface area contributed by atoms with E-state index < -0.39 is 40.0 Å². The predicted molar refractivity (Wildman–Crippen MR) is 176 cm³/mol. The van der Waals surface area contributed by atoms with Crippen molar-refractivity contribution in [2.45, 2.75) is 167 Å². The van der Waals surface area contributed by atoms with E-state index in [2.05, 4.69) is 43.5 Å².